The molecule has 5 aromatic rings. The third-order valence-corrected chi connectivity index (χ3v) is 20.7. The van der Waals surface area contributed by atoms with Crippen molar-refractivity contribution in [2.75, 3.05) is 39.5 Å². The van der Waals surface area contributed by atoms with E-state index in [2.05, 4.69) is 54.8 Å². The quantitative estimate of drug-likeness (QED) is 0.0170. The van der Waals surface area contributed by atoms with E-state index in [1.165, 1.54) is 130 Å². The summed E-state index contributed by atoms with van der Waals surface area (Å²) in [5.41, 5.74) is 5.82. The Morgan fingerprint density at radius 3 is 1.24 bits per heavy atom. The Morgan fingerprint density at radius 2 is 0.782 bits per heavy atom. The fourth-order valence-electron chi connectivity index (χ4n) is 14.1. The monoisotopic (exact) mass is 1730 g/mol. The third-order valence-electron chi connectivity index (χ3n) is 20.7. The van der Waals surface area contributed by atoms with Crippen LogP contribution in [-0.4, -0.2) is 212 Å². The largest absolute Gasteiger partial charge is 0.508 e. The summed E-state index contributed by atoms with van der Waals surface area (Å²) in [5.74, 6) is -16.6. The van der Waals surface area contributed by atoms with Crippen LogP contribution in [0.4, 0.5) is 0 Å². The van der Waals surface area contributed by atoms with Crippen molar-refractivity contribution in [3.8, 4) is 34.5 Å². The number of hydrogen-bond donors (Lipinski definition) is 18. The highest BCUT2D eigenvalue weighted by Gasteiger charge is 2.54. The molecule has 0 aromatic heterocycles. The molecule has 37 heteroatoms. The normalized spacial score (nSPS) is 13.8. The molecule has 124 heavy (non-hydrogen) atoms. The van der Waals surface area contributed by atoms with Crippen molar-refractivity contribution in [2.45, 2.75) is 228 Å². The number of carboxylic acid groups (broad SMARTS) is 4. The average molecular weight is 1730 g/mol. The van der Waals surface area contributed by atoms with Crippen LogP contribution in [0.25, 0.3) is 0 Å². The molecule has 10 amide bonds. The molecule has 2 heterocycles. The van der Waals surface area contributed by atoms with E-state index in [0.29, 0.717) is 28.7 Å². The van der Waals surface area contributed by atoms with Gasteiger partial charge < -0.3 is 113 Å². The molecule has 0 aliphatic carbocycles. The Kier molecular flexibility index (Phi) is 40.0. The molecule has 0 fully saturated rings. The van der Waals surface area contributed by atoms with Gasteiger partial charge in [0.25, 0.3) is 5.91 Å². The van der Waals surface area contributed by atoms with Gasteiger partial charge in [0.05, 0.1) is 25.4 Å². The zero-order chi connectivity index (χ0) is 90.3. The molecular weight excluding hydrogens is 1620 g/mol. The second-order valence-corrected chi connectivity index (χ2v) is 30.4. The SMILES string of the molecule is CCCCCCCCCCCCCCCC(=O)NCCCCC(NC(=O)C(CCC(=O)O)NC(=O)C(Cc1ccc(O)cc1)NC(=O)C(CCC(=O)O)NC(=O)COCCOCCNC(=O)c1ccc2c(c1)C(=O)OC21c2ccc(O)cc2Oc2cc(O)ccc21)C(=O)NC(CCC(=O)O)C(=O)NC(Cc1ccc(O)cc1)C(=O)NC(CCC(=O)O)C(N)=O. The smallest absolute Gasteiger partial charge is 0.340 e. The molecule has 0 bridgehead atoms. The van der Waals surface area contributed by atoms with Crippen molar-refractivity contribution in [3.63, 3.8) is 0 Å². The number of aromatic hydroxyl groups is 4. The molecule has 0 radical (unpaired) electrons. The molecule has 7 unspecified atom stereocenters. The maximum absolute atomic E-state index is 14.8. The van der Waals surface area contributed by atoms with Crippen LogP contribution < -0.4 is 58.3 Å². The van der Waals surface area contributed by atoms with Crippen molar-refractivity contribution in [3.05, 3.63) is 142 Å². The van der Waals surface area contributed by atoms with E-state index in [1.54, 1.807) is 18.2 Å². The van der Waals surface area contributed by atoms with Gasteiger partial charge in [-0.2, -0.15) is 0 Å². The highest BCUT2D eigenvalue weighted by molar-refractivity contribution is 6.02. The third kappa shape index (κ3) is 32.1. The molecule has 1 spiro atoms. The van der Waals surface area contributed by atoms with E-state index < -0.39 is 195 Å². The van der Waals surface area contributed by atoms with Gasteiger partial charge in [0.15, 0.2) is 5.60 Å². The first-order valence-corrected chi connectivity index (χ1v) is 41.6. The number of hydrogen-bond acceptors (Lipinski definition) is 23. The van der Waals surface area contributed by atoms with Crippen LogP contribution >= 0.6 is 0 Å². The molecule has 2 aliphatic rings. The number of phenolic OH excluding ortho intramolecular Hbond substituents is 4. The standard InChI is InChI=1S/C87H112N10O27/c1-2-3-4-5-6-7-8-9-10-11-12-13-14-18-72(102)89-41-16-15-17-64(80(114)94-67(36-40-77(110)111)83(117)97-68(46-52-19-24-55(98)25-20-52)84(118)92-63(78(88)112)33-37-74(104)105)93-82(116)66(35-39-76(108)109)95-85(119)69(47-53-21-26-56(99)27-22-53)96-81(115)65(34-38-75(106)107)91-73(103)51-122-45-44-121-43-42-90-79(113)54-23-30-60-59(48-54)86(120)124-87(60)61-31-28-57(100)49-70(61)123-71-50-58(101)29-32-62(71)87/h19-32,48-50,63-69,98-101H,2-18,33-47,51H2,1H3,(H2,88,112)(H,89,102)(H,90,113)(H,91,103)(H,92,118)(H,93,116)(H,94,114)(H,95,119)(H,96,115)(H,97,117)(H,104,105)(H,106,107)(H,108,109)(H,110,111). The maximum atomic E-state index is 14.8. The number of benzene rings is 5. The summed E-state index contributed by atoms with van der Waals surface area (Å²) in [4.78, 5) is 201. The Balaban J connectivity index is 1.01. The van der Waals surface area contributed by atoms with Crippen LogP contribution in [0, 0.1) is 0 Å². The summed E-state index contributed by atoms with van der Waals surface area (Å²) < 4.78 is 23.1. The van der Waals surface area contributed by atoms with Crippen LogP contribution in [-0.2, 0) is 95.0 Å². The van der Waals surface area contributed by atoms with Gasteiger partial charge in [0.1, 0.15) is 83.4 Å². The van der Waals surface area contributed by atoms with E-state index in [1.807, 2.05) is 0 Å². The highest BCUT2D eigenvalue weighted by Crippen LogP contribution is 2.57. The highest BCUT2D eigenvalue weighted by atomic mass is 16.6. The fraction of sp³-hybridized carbons (Fsp3) is 0.483. The molecule has 0 saturated carbocycles. The van der Waals surface area contributed by atoms with Crippen LogP contribution in [0.15, 0.2) is 103 Å². The van der Waals surface area contributed by atoms with E-state index in [-0.39, 0.29) is 122 Å². The molecule has 37 nitrogen and oxygen atoms in total. The number of carboxylic acids is 4. The van der Waals surface area contributed by atoms with Gasteiger partial charge in [-0.05, 0) is 123 Å². The number of rotatable bonds is 58. The minimum absolute atomic E-state index is 0.0384. The van der Waals surface area contributed by atoms with Crippen molar-refractivity contribution >= 4 is 88.9 Å². The first kappa shape index (κ1) is 98.2. The lowest BCUT2D eigenvalue weighted by Crippen LogP contribution is -2.60. The molecule has 0 saturated heterocycles. The lowest BCUT2D eigenvalue weighted by Gasteiger charge is -2.36. The predicted molar refractivity (Wildman–Crippen MR) is 443 cm³/mol. The van der Waals surface area contributed by atoms with Gasteiger partial charge >= 0.3 is 29.8 Å². The lowest BCUT2D eigenvalue weighted by molar-refractivity contribution is -0.139. The first-order chi connectivity index (χ1) is 59.3. The van der Waals surface area contributed by atoms with Gasteiger partial charge in [-0.15, -0.1) is 0 Å². The number of fused-ring (bicyclic) bond motifs is 6. The van der Waals surface area contributed by atoms with Crippen LogP contribution in [0.2, 0.25) is 0 Å². The van der Waals surface area contributed by atoms with Crippen molar-refractivity contribution in [1.29, 1.82) is 0 Å². The van der Waals surface area contributed by atoms with E-state index in [0.717, 1.165) is 32.1 Å². The summed E-state index contributed by atoms with van der Waals surface area (Å²) in [6.45, 7) is 1.06. The number of phenols is 4. The Bertz CT molecular complexity index is 4470. The van der Waals surface area contributed by atoms with Crippen molar-refractivity contribution < 1.29 is 132 Å². The van der Waals surface area contributed by atoms with Crippen LogP contribution in [0.5, 0.6) is 34.5 Å². The zero-order valence-electron chi connectivity index (χ0n) is 69.1. The van der Waals surface area contributed by atoms with Gasteiger partial charge in [0, 0.05) is 92.4 Å². The summed E-state index contributed by atoms with van der Waals surface area (Å²) in [7, 11) is 0. The van der Waals surface area contributed by atoms with Gasteiger partial charge in [-0.1, -0.05) is 114 Å². The summed E-state index contributed by atoms with van der Waals surface area (Å²) >= 11 is 0. The molecule has 5 aromatic carbocycles. The van der Waals surface area contributed by atoms with Crippen LogP contribution in [0.3, 0.4) is 0 Å². The second kappa shape index (κ2) is 50.5. The molecule has 672 valence electrons. The van der Waals surface area contributed by atoms with Gasteiger partial charge in [-0.25, -0.2) is 4.79 Å². The van der Waals surface area contributed by atoms with E-state index in [9.17, 15) is 113 Å². The number of ether oxygens (including phenoxy) is 4. The number of carbonyl (C=O) groups is 15. The minimum Gasteiger partial charge on any atom is -0.508 e. The second-order valence-electron chi connectivity index (χ2n) is 30.4. The number of esters is 1. The lowest BCUT2D eigenvalue weighted by atomic mass is 9.77. The first-order valence-electron chi connectivity index (χ1n) is 41.6. The summed E-state index contributed by atoms with van der Waals surface area (Å²) in [6, 6.07) is 11.3. The Hall–Kier alpha value is -12.9. The topological polar surface area (TPSA) is 589 Å². The van der Waals surface area contributed by atoms with E-state index in [4.69, 9.17) is 24.7 Å². The van der Waals surface area contributed by atoms with Crippen LogP contribution in [0.1, 0.15) is 216 Å². The molecule has 7 atom stereocenters. The number of carbonyl (C=O) groups excluding carboxylic acids is 11. The Labute approximate surface area is 715 Å². The van der Waals surface area contributed by atoms with Crippen molar-refractivity contribution in [1.82, 2.24) is 47.9 Å². The average Bonchev–Trinajstić information content (AvgIpc) is 1.51. The minimum atomic E-state index is -1.89. The summed E-state index contributed by atoms with van der Waals surface area (Å²) in [6.07, 6.45) is 8.39. The zero-order valence-corrected chi connectivity index (χ0v) is 69.1. The fourth-order valence-corrected chi connectivity index (χ4v) is 14.1. The molecule has 2 aliphatic heterocycles. The number of nitrogens with one attached hydrogen (secondary N) is 9. The molecule has 19 N–H and O–H groups in total. The number of aliphatic carboxylic acids is 4. The van der Waals surface area contributed by atoms with Crippen molar-refractivity contribution in [2.24, 2.45) is 5.73 Å². The number of amides is 10. The maximum Gasteiger partial charge on any atom is 0.340 e. The number of primary amides is 1. The Morgan fingerprint density at radius 1 is 0.387 bits per heavy atom. The number of unbranched alkanes of at least 4 members (excludes halogenated alkanes) is 13. The van der Waals surface area contributed by atoms with Gasteiger partial charge in [0.2, 0.25) is 53.2 Å². The van der Waals surface area contributed by atoms with Gasteiger partial charge in [-0.3, -0.25) is 67.1 Å². The van der Waals surface area contributed by atoms with E-state index >= 15 is 0 Å². The predicted octanol–water partition coefficient (Wildman–Crippen LogP) is 5.43. The molecular formula is C87H112N10O27. The number of nitrogens with two attached hydrogens (primary N) is 1. The summed E-state index contributed by atoms with van der Waals surface area (Å²) in [5, 5.41) is 102. The molecule has 7 rings (SSSR count).